The predicted molar refractivity (Wildman–Crippen MR) is 103 cm³/mol. The highest BCUT2D eigenvalue weighted by Gasteiger charge is 2.22. The van der Waals surface area contributed by atoms with Crippen molar-refractivity contribution in [3.63, 3.8) is 0 Å². The molecule has 0 bridgehead atoms. The molecule has 2 amide bonds. The first-order valence-corrected chi connectivity index (χ1v) is 8.59. The van der Waals surface area contributed by atoms with E-state index in [0.29, 0.717) is 40.7 Å². The standard InChI is InChI=1S/C18H20ClN3O3.ClH/c1-12-14(5-10-25-12)17(23)21-16-11-13(19)3-4-15(16)18(24)22-8-2-6-20-7-9-22;/h3-5,10-11,20H,2,6-9H2,1H3,(H,21,23);1H. The summed E-state index contributed by atoms with van der Waals surface area (Å²) in [5.41, 5.74) is 1.26. The number of amides is 2. The van der Waals surface area contributed by atoms with E-state index in [1.165, 1.54) is 6.26 Å². The number of anilines is 1. The Morgan fingerprint density at radius 2 is 2.00 bits per heavy atom. The number of furan rings is 1. The number of hydrogen-bond donors (Lipinski definition) is 2. The number of carbonyl (C=O) groups excluding carboxylic acids is 2. The topological polar surface area (TPSA) is 74.6 Å². The van der Waals surface area contributed by atoms with E-state index in [0.717, 1.165) is 19.5 Å². The Bertz CT molecular complexity index is 784. The molecule has 1 aromatic heterocycles. The predicted octanol–water partition coefficient (Wildman–Crippen LogP) is 3.35. The fourth-order valence-corrected chi connectivity index (χ4v) is 3.01. The van der Waals surface area contributed by atoms with Gasteiger partial charge in [-0.3, -0.25) is 9.59 Å². The minimum Gasteiger partial charge on any atom is -0.469 e. The first-order valence-electron chi connectivity index (χ1n) is 8.21. The molecule has 1 fully saturated rings. The van der Waals surface area contributed by atoms with Gasteiger partial charge >= 0.3 is 0 Å². The largest absolute Gasteiger partial charge is 0.469 e. The fraction of sp³-hybridized carbons (Fsp3) is 0.333. The number of rotatable bonds is 3. The van der Waals surface area contributed by atoms with Gasteiger partial charge in [-0.05, 0) is 44.2 Å². The Balaban J connectivity index is 0.00000243. The third-order valence-electron chi connectivity index (χ3n) is 4.19. The zero-order chi connectivity index (χ0) is 17.8. The van der Waals surface area contributed by atoms with E-state index in [1.807, 2.05) is 0 Å². The molecular formula is C18H21Cl2N3O3. The molecule has 1 saturated heterocycles. The van der Waals surface area contributed by atoms with Crippen LogP contribution in [-0.4, -0.2) is 42.9 Å². The number of aryl methyl sites for hydroxylation is 1. The molecule has 1 aliphatic rings. The van der Waals surface area contributed by atoms with Gasteiger partial charge < -0.3 is 20.0 Å². The summed E-state index contributed by atoms with van der Waals surface area (Å²) in [6, 6.07) is 6.50. The van der Waals surface area contributed by atoms with Crippen LogP contribution in [0.1, 0.15) is 32.9 Å². The summed E-state index contributed by atoms with van der Waals surface area (Å²) in [4.78, 5) is 27.2. The molecule has 2 N–H and O–H groups in total. The lowest BCUT2D eigenvalue weighted by molar-refractivity contribution is 0.0767. The minimum atomic E-state index is -0.333. The van der Waals surface area contributed by atoms with E-state index in [2.05, 4.69) is 10.6 Å². The van der Waals surface area contributed by atoms with Gasteiger partial charge in [0.25, 0.3) is 11.8 Å². The fourth-order valence-electron chi connectivity index (χ4n) is 2.84. The van der Waals surface area contributed by atoms with Gasteiger partial charge in [0.2, 0.25) is 0 Å². The van der Waals surface area contributed by atoms with Gasteiger partial charge in [0, 0.05) is 24.7 Å². The van der Waals surface area contributed by atoms with Gasteiger partial charge in [0.05, 0.1) is 23.1 Å². The van der Waals surface area contributed by atoms with Crippen LogP contribution in [0.4, 0.5) is 5.69 Å². The molecule has 0 atom stereocenters. The number of nitrogens with zero attached hydrogens (tertiary/aromatic N) is 1. The lowest BCUT2D eigenvalue weighted by atomic mass is 10.1. The maximum Gasteiger partial charge on any atom is 0.259 e. The average Bonchev–Trinajstić information content (AvgIpc) is 2.84. The molecule has 2 heterocycles. The molecule has 6 nitrogen and oxygen atoms in total. The van der Waals surface area contributed by atoms with E-state index in [4.69, 9.17) is 16.0 Å². The summed E-state index contributed by atoms with van der Waals surface area (Å²) in [6.45, 7) is 4.69. The molecule has 26 heavy (non-hydrogen) atoms. The van der Waals surface area contributed by atoms with Gasteiger partial charge in [-0.1, -0.05) is 11.6 Å². The second-order valence-electron chi connectivity index (χ2n) is 5.93. The quantitative estimate of drug-likeness (QED) is 0.832. The van der Waals surface area contributed by atoms with Crippen molar-refractivity contribution in [3.8, 4) is 0 Å². The third kappa shape index (κ3) is 4.58. The highest BCUT2D eigenvalue weighted by molar-refractivity contribution is 6.31. The van der Waals surface area contributed by atoms with Crippen LogP contribution >= 0.6 is 24.0 Å². The van der Waals surface area contributed by atoms with E-state index < -0.39 is 0 Å². The average molecular weight is 398 g/mol. The lowest BCUT2D eigenvalue weighted by Crippen LogP contribution is -2.34. The Labute approximate surface area is 163 Å². The maximum atomic E-state index is 12.9. The number of hydrogen-bond acceptors (Lipinski definition) is 4. The number of nitrogens with one attached hydrogen (secondary N) is 2. The van der Waals surface area contributed by atoms with Crippen LogP contribution in [0.5, 0.6) is 0 Å². The van der Waals surface area contributed by atoms with Crippen LogP contribution in [0.25, 0.3) is 0 Å². The maximum absolute atomic E-state index is 12.9. The van der Waals surface area contributed by atoms with E-state index in [9.17, 15) is 9.59 Å². The molecule has 0 aliphatic carbocycles. The zero-order valence-electron chi connectivity index (χ0n) is 14.4. The number of halogens is 2. The summed E-state index contributed by atoms with van der Waals surface area (Å²) in [7, 11) is 0. The molecule has 0 radical (unpaired) electrons. The van der Waals surface area contributed by atoms with Gasteiger partial charge in [0.15, 0.2) is 0 Å². The van der Waals surface area contributed by atoms with Gasteiger partial charge in [-0.25, -0.2) is 0 Å². The number of benzene rings is 1. The normalized spacial score (nSPS) is 14.3. The molecule has 140 valence electrons. The van der Waals surface area contributed by atoms with E-state index in [1.54, 1.807) is 36.1 Å². The Morgan fingerprint density at radius 1 is 1.19 bits per heavy atom. The minimum absolute atomic E-state index is 0. The molecule has 1 aromatic carbocycles. The van der Waals surface area contributed by atoms with Crippen LogP contribution in [-0.2, 0) is 0 Å². The van der Waals surface area contributed by atoms with Crippen molar-refractivity contribution in [1.82, 2.24) is 10.2 Å². The summed E-state index contributed by atoms with van der Waals surface area (Å²) >= 11 is 6.07. The number of carbonyl (C=O) groups is 2. The zero-order valence-corrected chi connectivity index (χ0v) is 16.0. The summed E-state index contributed by atoms with van der Waals surface area (Å²) in [5.74, 6) is 0.0747. The van der Waals surface area contributed by atoms with Crippen LogP contribution < -0.4 is 10.6 Å². The van der Waals surface area contributed by atoms with Gasteiger partial charge in [0.1, 0.15) is 5.76 Å². The molecule has 8 heteroatoms. The summed E-state index contributed by atoms with van der Waals surface area (Å²) in [5, 5.41) is 6.50. The molecule has 0 unspecified atom stereocenters. The van der Waals surface area contributed by atoms with E-state index >= 15 is 0 Å². The summed E-state index contributed by atoms with van der Waals surface area (Å²) in [6.07, 6.45) is 2.35. The highest BCUT2D eigenvalue weighted by Crippen LogP contribution is 2.24. The second kappa shape index (κ2) is 9.07. The van der Waals surface area contributed by atoms with Gasteiger partial charge in [-0.2, -0.15) is 0 Å². The van der Waals surface area contributed by atoms with Crippen molar-refractivity contribution >= 4 is 41.5 Å². The first kappa shape index (κ1) is 20.3. The van der Waals surface area contributed by atoms with Crippen molar-refractivity contribution in [2.75, 3.05) is 31.5 Å². The van der Waals surface area contributed by atoms with Crippen LogP contribution in [0, 0.1) is 6.92 Å². The third-order valence-corrected chi connectivity index (χ3v) is 4.43. The lowest BCUT2D eigenvalue weighted by Gasteiger charge is -2.21. The van der Waals surface area contributed by atoms with Crippen LogP contribution in [0.2, 0.25) is 5.02 Å². The molecule has 0 saturated carbocycles. The highest BCUT2D eigenvalue weighted by atomic mass is 35.5. The Kier molecular flexibility index (Phi) is 7.08. The molecular weight excluding hydrogens is 377 g/mol. The first-order chi connectivity index (χ1) is 12.1. The van der Waals surface area contributed by atoms with E-state index in [-0.39, 0.29) is 24.2 Å². The van der Waals surface area contributed by atoms with Crippen LogP contribution in [0.3, 0.4) is 0 Å². The smallest absolute Gasteiger partial charge is 0.259 e. The monoisotopic (exact) mass is 397 g/mol. The van der Waals surface area contributed by atoms with Crippen molar-refractivity contribution in [1.29, 1.82) is 0 Å². The molecule has 1 aliphatic heterocycles. The van der Waals surface area contributed by atoms with Crippen molar-refractivity contribution in [2.24, 2.45) is 0 Å². The molecule has 0 spiro atoms. The second-order valence-corrected chi connectivity index (χ2v) is 6.37. The van der Waals surface area contributed by atoms with Crippen molar-refractivity contribution in [3.05, 3.63) is 52.4 Å². The van der Waals surface area contributed by atoms with Crippen LogP contribution in [0.15, 0.2) is 34.9 Å². The van der Waals surface area contributed by atoms with Crippen molar-refractivity contribution < 1.29 is 14.0 Å². The molecule has 3 rings (SSSR count). The molecule has 2 aromatic rings. The summed E-state index contributed by atoms with van der Waals surface area (Å²) < 4.78 is 5.16. The Hall–Kier alpha value is -2.02. The van der Waals surface area contributed by atoms with Crippen molar-refractivity contribution in [2.45, 2.75) is 13.3 Å². The SMILES string of the molecule is Cc1occc1C(=O)Nc1cc(Cl)ccc1C(=O)N1CCCNCC1.Cl. The van der Waals surface area contributed by atoms with Gasteiger partial charge in [-0.15, -0.1) is 12.4 Å². The Morgan fingerprint density at radius 3 is 2.73 bits per heavy atom.